The first-order valence-corrected chi connectivity index (χ1v) is 7.44. The van der Waals surface area contributed by atoms with E-state index in [1.165, 1.54) is 18.9 Å². The van der Waals surface area contributed by atoms with E-state index < -0.39 is 0 Å². The van der Waals surface area contributed by atoms with Gasteiger partial charge in [-0.1, -0.05) is 15.9 Å². The molecule has 1 aliphatic carbocycles. The van der Waals surface area contributed by atoms with Crippen molar-refractivity contribution in [1.29, 1.82) is 0 Å². The van der Waals surface area contributed by atoms with Crippen LogP contribution in [0.4, 0.5) is 4.39 Å². The normalized spacial score (nSPS) is 20.7. The van der Waals surface area contributed by atoms with Gasteiger partial charge in [0, 0.05) is 36.7 Å². The van der Waals surface area contributed by atoms with E-state index in [4.69, 9.17) is 0 Å². The van der Waals surface area contributed by atoms with Crippen molar-refractivity contribution in [3.8, 4) is 0 Å². The molecule has 1 aliphatic heterocycles. The van der Waals surface area contributed by atoms with Crippen molar-refractivity contribution in [3.05, 3.63) is 34.1 Å². The number of hydrogen-bond donors (Lipinski definition) is 1. The van der Waals surface area contributed by atoms with Gasteiger partial charge >= 0.3 is 0 Å². The molecule has 0 unspecified atom stereocenters. The van der Waals surface area contributed by atoms with Gasteiger partial charge in [0.05, 0.1) is 0 Å². The summed E-state index contributed by atoms with van der Waals surface area (Å²) in [6.45, 7) is 4.21. The van der Waals surface area contributed by atoms with E-state index >= 15 is 0 Å². The Balaban J connectivity index is 0.000001000. The molecule has 1 saturated heterocycles. The number of rotatable bonds is 3. The summed E-state index contributed by atoms with van der Waals surface area (Å²) in [5.74, 6) is 0.581. The number of benzene rings is 1. The van der Waals surface area contributed by atoms with E-state index in [2.05, 4.69) is 32.2 Å². The SMILES string of the molecule is Cl.Cl.Fc1cc(Br)cc([C@H](C2CC2)N2CCNCC2)c1. The molecule has 1 saturated carbocycles. The van der Waals surface area contributed by atoms with Crippen molar-refractivity contribution >= 4 is 40.7 Å². The van der Waals surface area contributed by atoms with E-state index in [9.17, 15) is 4.39 Å². The summed E-state index contributed by atoms with van der Waals surface area (Å²) in [6.07, 6.45) is 2.56. The second kappa shape index (κ2) is 7.95. The van der Waals surface area contributed by atoms with Crippen molar-refractivity contribution in [2.24, 2.45) is 5.92 Å². The highest BCUT2D eigenvalue weighted by molar-refractivity contribution is 9.10. The molecule has 20 heavy (non-hydrogen) atoms. The Hall–Kier alpha value is 0.130. The zero-order valence-corrected chi connectivity index (χ0v) is 14.4. The molecule has 114 valence electrons. The summed E-state index contributed by atoms with van der Waals surface area (Å²) in [5, 5.41) is 3.38. The maximum atomic E-state index is 13.6. The highest BCUT2D eigenvalue weighted by Gasteiger charge is 2.36. The van der Waals surface area contributed by atoms with Crippen LogP contribution in [-0.4, -0.2) is 31.1 Å². The van der Waals surface area contributed by atoms with Crippen LogP contribution in [0.2, 0.25) is 0 Å². The van der Waals surface area contributed by atoms with Crippen molar-refractivity contribution in [1.82, 2.24) is 10.2 Å². The molecule has 6 heteroatoms. The largest absolute Gasteiger partial charge is 0.314 e. The van der Waals surface area contributed by atoms with E-state index in [0.717, 1.165) is 42.1 Å². The fraction of sp³-hybridized carbons (Fsp3) is 0.571. The minimum absolute atomic E-state index is 0. The van der Waals surface area contributed by atoms with Gasteiger partial charge < -0.3 is 5.32 Å². The minimum atomic E-state index is -0.139. The second-order valence-electron chi connectivity index (χ2n) is 5.27. The van der Waals surface area contributed by atoms with E-state index in [1.54, 1.807) is 6.07 Å². The first-order valence-electron chi connectivity index (χ1n) is 6.65. The smallest absolute Gasteiger partial charge is 0.124 e. The summed E-state index contributed by atoms with van der Waals surface area (Å²) in [6, 6.07) is 5.72. The number of halogens is 4. The quantitative estimate of drug-likeness (QED) is 0.851. The Kier molecular flexibility index (Phi) is 7.22. The van der Waals surface area contributed by atoms with Gasteiger partial charge in [-0.3, -0.25) is 4.90 Å². The van der Waals surface area contributed by atoms with Crippen LogP contribution in [0.5, 0.6) is 0 Å². The van der Waals surface area contributed by atoms with Crippen LogP contribution in [0.25, 0.3) is 0 Å². The monoisotopic (exact) mass is 384 g/mol. The molecule has 2 fully saturated rings. The molecule has 1 atom stereocenters. The summed E-state index contributed by atoms with van der Waals surface area (Å²) in [4.78, 5) is 2.51. The highest BCUT2D eigenvalue weighted by Crippen LogP contribution is 2.45. The fourth-order valence-electron chi connectivity index (χ4n) is 2.90. The summed E-state index contributed by atoms with van der Waals surface area (Å²) >= 11 is 3.40. The van der Waals surface area contributed by atoms with Gasteiger partial charge in [0.1, 0.15) is 5.82 Å². The zero-order chi connectivity index (χ0) is 12.5. The van der Waals surface area contributed by atoms with Gasteiger partial charge in [0.25, 0.3) is 0 Å². The van der Waals surface area contributed by atoms with Crippen LogP contribution in [-0.2, 0) is 0 Å². The lowest BCUT2D eigenvalue weighted by atomic mass is 9.99. The first-order chi connectivity index (χ1) is 8.74. The Morgan fingerprint density at radius 3 is 2.35 bits per heavy atom. The molecule has 1 aromatic carbocycles. The molecule has 0 spiro atoms. The Bertz CT molecular complexity index is 417. The third-order valence-corrected chi connectivity index (χ3v) is 4.30. The van der Waals surface area contributed by atoms with Gasteiger partial charge in [-0.25, -0.2) is 4.39 Å². The molecule has 3 rings (SSSR count). The predicted molar refractivity (Wildman–Crippen MR) is 88.5 cm³/mol. The summed E-state index contributed by atoms with van der Waals surface area (Å²) in [5.41, 5.74) is 1.13. The third-order valence-electron chi connectivity index (χ3n) is 3.84. The maximum Gasteiger partial charge on any atom is 0.124 e. The van der Waals surface area contributed by atoms with E-state index in [1.807, 2.05) is 0 Å². The van der Waals surface area contributed by atoms with Crippen molar-refractivity contribution in [3.63, 3.8) is 0 Å². The van der Waals surface area contributed by atoms with Gasteiger partial charge in [-0.05, 0) is 42.5 Å². The maximum absolute atomic E-state index is 13.6. The predicted octanol–water partition coefficient (Wildman–Crippen LogP) is 3.79. The average Bonchev–Trinajstić information content (AvgIpc) is 3.14. The Morgan fingerprint density at radius 2 is 1.80 bits per heavy atom. The van der Waals surface area contributed by atoms with Crippen molar-refractivity contribution in [2.45, 2.75) is 18.9 Å². The lowest BCUT2D eigenvalue weighted by molar-refractivity contribution is 0.156. The molecule has 2 nitrogen and oxygen atoms in total. The zero-order valence-electron chi connectivity index (χ0n) is 11.1. The molecule has 1 aromatic rings. The Morgan fingerprint density at radius 1 is 1.15 bits per heavy atom. The molecule has 0 bridgehead atoms. The molecule has 0 radical (unpaired) electrons. The van der Waals surface area contributed by atoms with Crippen molar-refractivity contribution < 1.29 is 4.39 Å². The molecule has 0 aromatic heterocycles. The van der Waals surface area contributed by atoms with Crippen LogP contribution in [0.15, 0.2) is 22.7 Å². The van der Waals surface area contributed by atoms with E-state index in [0.29, 0.717) is 6.04 Å². The molecule has 0 amide bonds. The number of hydrogen-bond acceptors (Lipinski definition) is 2. The van der Waals surface area contributed by atoms with Crippen LogP contribution in [0.3, 0.4) is 0 Å². The van der Waals surface area contributed by atoms with Crippen molar-refractivity contribution in [2.75, 3.05) is 26.2 Å². The topological polar surface area (TPSA) is 15.3 Å². The Labute approximate surface area is 140 Å². The lowest BCUT2D eigenvalue weighted by Crippen LogP contribution is -2.45. The molecular weight excluding hydrogens is 366 g/mol. The van der Waals surface area contributed by atoms with Crippen LogP contribution < -0.4 is 5.32 Å². The third kappa shape index (κ3) is 4.31. The minimum Gasteiger partial charge on any atom is -0.314 e. The molecule has 1 N–H and O–H groups in total. The highest BCUT2D eigenvalue weighted by atomic mass is 79.9. The second-order valence-corrected chi connectivity index (χ2v) is 6.19. The van der Waals surface area contributed by atoms with Gasteiger partial charge in [0.15, 0.2) is 0 Å². The fourth-order valence-corrected chi connectivity index (χ4v) is 3.38. The van der Waals surface area contributed by atoms with Gasteiger partial charge in [0.2, 0.25) is 0 Å². The summed E-state index contributed by atoms with van der Waals surface area (Å²) < 4.78 is 14.4. The van der Waals surface area contributed by atoms with Crippen LogP contribution >= 0.6 is 40.7 Å². The first kappa shape index (κ1) is 18.2. The number of nitrogens with zero attached hydrogens (tertiary/aromatic N) is 1. The summed E-state index contributed by atoms with van der Waals surface area (Å²) in [7, 11) is 0. The number of nitrogens with one attached hydrogen (secondary N) is 1. The molecule has 1 heterocycles. The molecular formula is C14H20BrCl2FN2. The lowest BCUT2D eigenvalue weighted by Gasteiger charge is -2.35. The standard InChI is InChI=1S/C14H18BrFN2.2ClH/c15-12-7-11(8-13(16)9-12)14(10-1-2-10)18-5-3-17-4-6-18;;/h7-10,14,17H,1-6H2;2*1H/t14-;;/m0../s1. The van der Waals surface area contributed by atoms with Gasteiger partial charge in [-0.2, -0.15) is 0 Å². The van der Waals surface area contributed by atoms with E-state index in [-0.39, 0.29) is 30.6 Å². The van der Waals surface area contributed by atoms with Crippen LogP contribution in [0.1, 0.15) is 24.4 Å². The average molecular weight is 386 g/mol. The van der Waals surface area contributed by atoms with Crippen LogP contribution in [0, 0.1) is 11.7 Å². The number of piperazine rings is 1. The molecule has 2 aliphatic rings. The van der Waals surface area contributed by atoms with Gasteiger partial charge in [-0.15, -0.1) is 24.8 Å².